The second-order valence-electron chi connectivity index (χ2n) is 4.47. The molecule has 15 heavy (non-hydrogen) atoms. The van der Waals surface area contributed by atoms with Gasteiger partial charge in [0.25, 0.3) is 0 Å². The fourth-order valence-electron chi connectivity index (χ4n) is 2.45. The fourth-order valence-corrected chi connectivity index (χ4v) is 2.71. The minimum atomic E-state index is 0.222. The van der Waals surface area contributed by atoms with E-state index in [0.717, 1.165) is 38.5 Å². The average molecular weight is 277 g/mol. The molecule has 0 radical (unpaired) electrons. The molecule has 0 aromatic heterocycles. The predicted molar refractivity (Wildman–Crippen MR) is 65.2 cm³/mol. The van der Waals surface area contributed by atoms with E-state index in [1.54, 1.807) is 0 Å². The number of hydrogen-bond donors (Lipinski definition) is 1. The number of carbonyl (C=O) groups excluding carboxylic acids is 1. The molecule has 3 atom stereocenters. The van der Waals surface area contributed by atoms with Crippen molar-refractivity contribution >= 4 is 21.7 Å². The molecule has 0 aromatic rings. The van der Waals surface area contributed by atoms with Crippen LogP contribution >= 0.6 is 15.9 Å². The molecule has 0 spiro atoms. The van der Waals surface area contributed by atoms with Crippen LogP contribution in [0, 0.1) is 11.8 Å². The van der Waals surface area contributed by atoms with Crippen LogP contribution in [0.2, 0.25) is 0 Å². The van der Waals surface area contributed by atoms with E-state index in [1.165, 1.54) is 0 Å². The van der Waals surface area contributed by atoms with Gasteiger partial charge in [0.05, 0.1) is 0 Å². The van der Waals surface area contributed by atoms with Crippen LogP contribution in [0.1, 0.15) is 45.4 Å². The van der Waals surface area contributed by atoms with Crippen molar-refractivity contribution in [3.8, 4) is 0 Å². The number of rotatable bonds is 6. The molecule has 0 heterocycles. The third-order valence-corrected chi connectivity index (χ3v) is 4.58. The number of carbonyl (C=O) groups is 1. The van der Waals surface area contributed by atoms with Crippen LogP contribution in [0.15, 0.2) is 0 Å². The first-order chi connectivity index (χ1) is 7.19. The highest BCUT2D eigenvalue weighted by atomic mass is 79.9. The molecule has 1 aliphatic rings. The average Bonchev–Trinajstić information content (AvgIpc) is 2.57. The summed E-state index contributed by atoms with van der Waals surface area (Å²) in [6.07, 6.45) is 5.71. The number of aliphatic hydroxyl groups is 1. The molecule has 1 aliphatic carbocycles. The quantitative estimate of drug-likeness (QED) is 0.758. The monoisotopic (exact) mass is 276 g/mol. The first-order valence-electron chi connectivity index (χ1n) is 5.96. The van der Waals surface area contributed by atoms with Gasteiger partial charge in [-0.1, -0.05) is 22.9 Å². The predicted octanol–water partition coefficient (Wildman–Crippen LogP) is 2.92. The number of ketones is 1. The first-order valence-corrected chi connectivity index (χ1v) is 6.88. The minimum Gasteiger partial charge on any atom is -0.396 e. The zero-order chi connectivity index (χ0) is 11.3. The molecule has 0 amide bonds. The molecule has 1 rings (SSSR count). The molecule has 88 valence electrons. The van der Waals surface area contributed by atoms with Crippen molar-refractivity contribution in [2.75, 3.05) is 6.61 Å². The fraction of sp³-hybridized carbons (Fsp3) is 0.917. The van der Waals surface area contributed by atoms with E-state index < -0.39 is 0 Å². The zero-order valence-electron chi connectivity index (χ0n) is 9.42. The molecular formula is C12H21BrO2. The van der Waals surface area contributed by atoms with Crippen LogP contribution in [-0.2, 0) is 4.79 Å². The van der Waals surface area contributed by atoms with E-state index >= 15 is 0 Å². The Morgan fingerprint density at radius 1 is 1.53 bits per heavy atom. The largest absolute Gasteiger partial charge is 0.396 e. The molecule has 0 saturated heterocycles. The SMILES string of the molecule is CCC(Br)CCC1C(=O)CCC1CCO. The van der Waals surface area contributed by atoms with Crippen LogP contribution in [0.5, 0.6) is 0 Å². The summed E-state index contributed by atoms with van der Waals surface area (Å²) in [6, 6.07) is 0. The normalized spacial score (nSPS) is 28.3. The molecule has 0 aromatic carbocycles. The van der Waals surface area contributed by atoms with Crippen molar-refractivity contribution in [1.82, 2.24) is 0 Å². The van der Waals surface area contributed by atoms with Gasteiger partial charge in [0.15, 0.2) is 0 Å². The van der Waals surface area contributed by atoms with Gasteiger partial charge in [0.2, 0.25) is 0 Å². The topological polar surface area (TPSA) is 37.3 Å². The number of alkyl halides is 1. The highest BCUT2D eigenvalue weighted by molar-refractivity contribution is 9.09. The molecule has 1 N–H and O–H groups in total. The van der Waals surface area contributed by atoms with Gasteiger partial charge in [-0.2, -0.15) is 0 Å². The Hall–Kier alpha value is 0.110. The Labute approximate surface area is 101 Å². The molecule has 0 aliphatic heterocycles. The molecular weight excluding hydrogens is 256 g/mol. The summed E-state index contributed by atoms with van der Waals surface area (Å²) in [6.45, 7) is 2.38. The van der Waals surface area contributed by atoms with Gasteiger partial charge in [-0.15, -0.1) is 0 Å². The lowest BCUT2D eigenvalue weighted by atomic mass is 9.88. The molecule has 3 unspecified atom stereocenters. The van der Waals surface area contributed by atoms with E-state index in [4.69, 9.17) is 5.11 Å². The summed E-state index contributed by atoms with van der Waals surface area (Å²) in [4.78, 5) is 12.2. The van der Waals surface area contributed by atoms with E-state index in [1.807, 2.05) is 0 Å². The lowest BCUT2D eigenvalue weighted by molar-refractivity contribution is -0.121. The maximum absolute atomic E-state index is 11.7. The van der Waals surface area contributed by atoms with E-state index in [2.05, 4.69) is 22.9 Å². The highest BCUT2D eigenvalue weighted by Gasteiger charge is 2.33. The molecule has 1 fully saturated rings. The third-order valence-electron chi connectivity index (χ3n) is 3.48. The van der Waals surface area contributed by atoms with Crippen LogP contribution < -0.4 is 0 Å². The van der Waals surface area contributed by atoms with Crippen molar-refractivity contribution < 1.29 is 9.90 Å². The van der Waals surface area contributed by atoms with Crippen molar-refractivity contribution in [3.05, 3.63) is 0 Å². The number of Topliss-reactive ketones (excluding diaryl/α,β-unsaturated/α-hetero) is 1. The Bertz CT molecular complexity index is 206. The smallest absolute Gasteiger partial charge is 0.136 e. The lowest BCUT2D eigenvalue weighted by Gasteiger charge is -2.18. The summed E-state index contributed by atoms with van der Waals surface area (Å²) in [5.74, 6) is 1.09. The summed E-state index contributed by atoms with van der Waals surface area (Å²) in [7, 11) is 0. The summed E-state index contributed by atoms with van der Waals surface area (Å²) in [5.41, 5.74) is 0. The highest BCUT2D eigenvalue weighted by Crippen LogP contribution is 2.35. The van der Waals surface area contributed by atoms with Gasteiger partial charge in [-0.05, 0) is 38.0 Å². The van der Waals surface area contributed by atoms with Gasteiger partial charge in [0, 0.05) is 23.8 Å². The minimum absolute atomic E-state index is 0.222. The van der Waals surface area contributed by atoms with Gasteiger partial charge in [-0.25, -0.2) is 0 Å². The molecule has 3 heteroatoms. The zero-order valence-corrected chi connectivity index (χ0v) is 11.0. The summed E-state index contributed by atoms with van der Waals surface area (Å²) in [5, 5.41) is 8.93. The van der Waals surface area contributed by atoms with Crippen molar-refractivity contribution in [2.45, 2.75) is 50.3 Å². The van der Waals surface area contributed by atoms with Gasteiger partial charge >= 0.3 is 0 Å². The van der Waals surface area contributed by atoms with Crippen molar-refractivity contribution in [3.63, 3.8) is 0 Å². The van der Waals surface area contributed by atoms with Crippen LogP contribution in [0.4, 0.5) is 0 Å². The maximum Gasteiger partial charge on any atom is 0.136 e. The second kappa shape index (κ2) is 6.64. The Morgan fingerprint density at radius 2 is 2.27 bits per heavy atom. The van der Waals surface area contributed by atoms with Crippen molar-refractivity contribution in [1.29, 1.82) is 0 Å². The molecule has 2 nitrogen and oxygen atoms in total. The Morgan fingerprint density at radius 3 is 2.87 bits per heavy atom. The Balaban J connectivity index is 2.38. The lowest BCUT2D eigenvalue weighted by Crippen LogP contribution is -2.17. The van der Waals surface area contributed by atoms with Gasteiger partial charge < -0.3 is 5.11 Å². The van der Waals surface area contributed by atoms with Crippen molar-refractivity contribution in [2.24, 2.45) is 11.8 Å². The van der Waals surface area contributed by atoms with E-state index in [-0.39, 0.29) is 12.5 Å². The standard InChI is InChI=1S/C12H21BrO2/c1-2-10(13)4-5-11-9(7-8-14)3-6-12(11)15/h9-11,14H,2-8H2,1H3. The first kappa shape index (κ1) is 13.2. The Kier molecular flexibility index (Phi) is 5.83. The second-order valence-corrected chi connectivity index (χ2v) is 5.76. The summed E-state index contributed by atoms with van der Waals surface area (Å²) >= 11 is 3.60. The van der Waals surface area contributed by atoms with E-state index in [0.29, 0.717) is 16.5 Å². The number of aliphatic hydroxyl groups excluding tert-OH is 1. The van der Waals surface area contributed by atoms with Crippen LogP contribution in [-0.4, -0.2) is 22.3 Å². The number of halogens is 1. The molecule has 1 saturated carbocycles. The van der Waals surface area contributed by atoms with Gasteiger partial charge in [-0.3, -0.25) is 4.79 Å². The van der Waals surface area contributed by atoms with Crippen LogP contribution in [0.25, 0.3) is 0 Å². The molecule has 0 bridgehead atoms. The summed E-state index contributed by atoms with van der Waals surface area (Å²) < 4.78 is 0. The van der Waals surface area contributed by atoms with Crippen LogP contribution in [0.3, 0.4) is 0 Å². The van der Waals surface area contributed by atoms with Gasteiger partial charge in [0.1, 0.15) is 5.78 Å². The third kappa shape index (κ3) is 3.87. The maximum atomic E-state index is 11.7. The van der Waals surface area contributed by atoms with E-state index in [9.17, 15) is 4.79 Å². The number of hydrogen-bond acceptors (Lipinski definition) is 2.